The average molecular weight is 694 g/mol. The van der Waals surface area contributed by atoms with Crippen molar-refractivity contribution >= 4 is 17.1 Å². The summed E-state index contributed by atoms with van der Waals surface area (Å²) in [6, 6.07) is 43.2. The number of fused-ring (bicyclic) bond motifs is 9. The van der Waals surface area contributed by atoms with Crippen molar-refractivity contribution in [1.82, 2.24) is 0 Å². The van der Waals surface area contributed by atoms with Gasteiger partial charge in [0.1, 0.15) is 0 Å². The molecule has 53 heavy (non-hydrogen) atoms. The SMILES string of the molecule is CC(C)(C)c1ccc(-c2cc3c(cc2N(c2ccccc2)c2ccc4c(c2)C(C)(C)CCC4(C)C)-c2ccccc2C32C3CC4CC5CC2C53C4)cc1. The highest BCUT2D eigenvalue weighted by molar-refractivity contribution is 5.95. The van der Waals surface area contributed by atoms with Gasteiger partial charge in [0.2, 0.25) is 0 Å². The summed E-state index contributed by atoms with van der Waals surface area (Å²) in [6.45, 7) is 16.8. The van der Waals surface area contributed by atoms with Gasteiger partial charge in [-0.05, 0) is 165 Å². The fourth-order valence-corrected chi connectivity index (χ4v) is 13.6. The Morgan fingerprint density at radius 2 is 1.26 bits per heavy atom. The van der Waals surface area contributed by atoms with Crippen LogP contribution in [0.1, 0.15) is 115 Å². The first-order chi connectivity index (χ1) is 25.3. The van der Waals surface area contributed by atoms with Crippen molar-refractivity contribution in [3.63, 3.8) is 0 Å². The summed E-state index contributed by atoms with van der Waals surface area (Å²) in [6.07, 6.45) is 8.28. The molecule has 0 amide bonds. The molecule has 4 saturated carbocycles. The van der Waals surface area contributed by atoms with Crippen LogP contribution in [0.4, 0.5) is 17.1 Å². The summed E-state index contributed by atoms with van der Waals surface area (Å²) in [5.74, 6) is 3.51. The summed E-state index contributed by atoms with van der Waals surface area (Å²) < 4.78 is 0. The number of hydrogen-bond acceptors (Lipinski definition) is 1. The molecular formula is C52H55N. The standard InChI is InChI=1S/C52H55N/c1-48(2,3)34-19-17-33(18-20-34)39-29-43-40(38-15-11-12-16-41(38)52(43)46-26-32-25-35-27-47(52)51(35,46)31-32)30-45(39)53(36-13-9-8-10-14-36)37-21-22-42-44(28-37)50(6,7)24-23-49(42,4)5/h8-22,28-30,32,35,46-47H,23-27,31H2,1-7H3. The second-order valence-electron chi connectivity index (χ2n) is 20.5. The highest BCUT2D eigenvalue weighted by atomic mass is 15.1. The minimum Gasteiger partial charge on any atom is -0.310 e. The van der Waals surface area contributed by atoms with Crippen LogP contribution in [-0.2, 0) is 21.7 Å². The van der Waals surface area contributed by atoms with Gasteiger partial charge >= 0.3 is 0 Å². The van der Waals surface area contributed by atoms with Crippen molar-refractivity contribution in [2.24, 2.45) is 29.1 Å². The fraction of sp³-hybridized carbons (Fsp3) is 0.423. The van der Waals surface area contributed by atoms with E-state index in [0.717, 1.165) is 23.7 Å². The minimum absolute atomic E-state index is 0.105. The molecule has 11 rings (SSSR count). The summed E-state index contributed by atoms with van der Waals surface area (Å²) >= 11 is 0. The summed E-state index contributed by atoms with van der Waals surface area (Å²) in [7, 11) is 0. The Hall–Kier alpha value is -4.10. The van der Waals surface area contributed by atoms with E-state index in [-0.39, 0.29) is 21.7 Å². The van der Waals surface area contributed by atoms with E-state index < -0.39 is 0 Å². The molecule has 0 radical (unpaired) electrons. The van der Waals surface area contributed by atoms with Gasteiger partial charge in [0.25, 0.3) is 0 Å². The van der Waals surface area contributed by atoms with Crippen LogP contribution in [0.15, 0.2) is 109 Å². The lowest BCUT2D eigenvalue weighted by atomic mass is 9.27. The zero-order valence-electron chi connectivity index (χ0n) is 32.9. The van der Waals surface area contributed by atoms with Crippen molar-refractivity contribution in [2.75, 3.05) is 4.90 Å². The Kier molecular flexibility index (Phi) is 6.31. The highest BCUT2D eigenvalue weighted by Gasteiger charge is 2.84. The van der Waals surface area contributed by atoms with Gasteiger partial charge in [-0.1, -0.05) is 121 Å². The molecular weight excluding hydrogens is 639 g/mol. The van der Waals surface area contributed by atoms with Crippen LogP contribution in [0.5, 0.6) is 0 Å². The molecule has 6 unspecified atom stereocenters. The molecule has 2 spiro atoms. The Bertz CT molecular complexity index is 2320. The molecule has 1 nitrogen and oxygen atoms in total. The molecule has 0 aliphatic heterocycles. The highest BCUT2D eigenvalue weighted by Crippen LogP contribution is 2.89. The topological polar surface area (TPSA) is 3.24 Å². The Balaban J connectivity index is 1.18. The number of benzene rings is 5. The Morgan fingerprint density at radius 3 is 2.00 bits per heavy atom. The maximum atomic E-state index is 2.71. The quantitative estimate of drug-likeness (QED) is 0.181. The molecule has 5 aromatic carbocycles. The van der Waals surface area contributed by atoms with Crippen molar-refractivity contribution < 1.29 is 0 Å². The van der Waals surface area contributed by atoms with Crippen LogP contribution >= 0.6 is 0 Å². The van der Waals surface area contributed by atoms with Gasteiger partial charge in [0.15, 0.2) is 0 Å². The van der Waals surface area contributed by atoms with Gasteiger partial charge < -0.3 is 4.90 Å². The average Bonchev–Trinajstić information content (AvgIpc) is 3.77. The molecule has 0 heterocycles. The first-order valence-electron chi connectivity index (χ1n) is 20.7. The smallest absolute Gasteiger partial charge is 0.0546 e. The molecule has 6 aliphatic carbocycles. The zero-order valence-corrected chi connectivity index (χ0v) is 32.9. The number of nitrogens with zero attached hydrogens (tertiary/aromatic N) is 1. The molecule has 268 valence electrons. The third-order valence-corrected chi connectivity index (χ3v) is 16.2. The first-order valence-corrected chi connectivity index (χ1v) is 20.7. The van der Waals surface area contributed by atoms with Gasteiger partial charge in [-0.3, -0.25) is 0 Å². The van der Waals surface area contributed by atoms with E-state index in [9.17, 15) is 0 Å². The lowest BCUT2D eigenvalue weighted by Gasteiger charge is -2.76. The molecule has 6 aliphatic rings. The summed E-state index contributed by atoms with van der Waals surface area (Å²) in [5, 5.41) is 0. The van der Waals surface area contributed by atoms with E-state index in [4.69, 9.17) is 0 Å². The molecule has 2 bridgehead atoms. The maximum absolute atomic E-state index is 2.71. The summed E-state index contributed by atoms with van der Waals surface area (Å²) in [4.78, 5) is 2.60. The van der Waals surface area contributed by atoms with Crippen LogP contribution in [-0.4, -0.2) is 0 Å². The van der Waals surface area contributed by atoms with Gasteiger partial charge in [-0.15, -0.1) is 0 Å². The van der Waals surface area contributed by atoms with E-state index in [1.54, 1.807) is 11.1 Å². The molecule has 1 heteroatoms. The molecule has 4 fully saturated rings. The normalized spacial score (nSPS) is 30.2. The van der Waals surface area contributed by atoms with Crippen molar-refractivity contribution in [3.05, 3.63) is 137 Å². The lowest BCUT2D eigenvalue weighted by molar-refractivity contribution is -0.231. The molecule has 0 N–H and O–H groups in total. The Labute approximate surface area is 317 Å². The van der Waals surface area contributed by atoms with Gasteiger partial charge in [-0.2, -0.15) is 0 Å². The van der Waals surface area contributed by atoms with Crippen molar-refractivity contribution in [3.8, 4) is 22.3 Å². The molecule has 0 saturated heterocycles. The van der Waals surface area contributed by atoms with E-state index >= 15 is 0 Å². The van der Waals surface area contributed by atoms with E-state index in [1.165, 1.54) is 94.5 Å². The van der Waals surface area contributed by atoms with Gasteiger partial charge in [0, 0.05) is 22.4 Å². The molecule has 0 aromatic heterocycles. The molecule has 6 atom stereocenters. The monoisotopic (exact) mass is 693 g/mol. The zero-order chi connectivity index (χ0) is 36.3. The number of rotatable bonds is 4. The van der Waals surface area contributed by atoms with Crippen molar-refractivity contribution in [1.29, 1.82) is 0 Å². The lowest BCUT2D eigenvalue weighted by Crippen LogP contribution is -2.73. The van der Waals surface area contributed by atoms with E-state index in [2.05, 4.69) is 163 Å². The largest absolute Gasteiger partial charge is 0.310 e. The second-order valence-corrected chi connectivity index (χ2v) is 20.5. The van der Waals surface area contributed by atoms with Gasteiger partial charge in [-0.25, -0.2) is 0 Å². The van der Waals surface area contributed by atoms with E-state index in [0.29, 0.717) is 5.41 Å². The maximum Gasteiger partial charge on any atom is 0.0546 e. The number of hydrogen-bond donors (Lipinski definition) is 0. The fourth-order valence-electron chi connectivity index (χ4n) is 13.6. The predicted molar refractivity (Wildman–Crippen MR) is 222 cm³/mol. The summed E-state index contributed by atoms with van der Waals surface area (Å²) in [5.41, 5.74) is 18.2. The van der Waals surface area contributed by atoms with Crippen LogP contribution in [0.25, 0.3) is 22.3 Å². The van der Waals surface area contributed by atoms with Crippen LogP contribution in [0.3, 0.4) is 0 Å². The third-order valence-electron chi connectivity index (χ3n) is 16.2. The van der Waals surface area contributed by atoms with Gasteiger partial charge in [0.05, 0.1) is 5.69 Å². The number of para-hydroxylation sites is 1. The second kappa shape index (κ2) is 10.3. The minimum atomic E-state index is 0.105. The number of anilines is 3. The molecule has 5 aromatic rings. The van der Waals surface area contributed by atoms with Crippen LogP contribution in [0, 0.1) is 29.1 Å². The van der Waals surface area contributed by atoms with Crippen molar-refractivity contribution in [2.45, 2.75) is 109 Å². The first kappa shape index (κ1) is 32.3. The van der Waals surface area contributed by atoms with Crippen LogP contribution in [0.2, 0.25) is 0 Å². The Morgan fingerprint density at radius 1 is 0.566 bits per heavy atom. The predicted octanol–water partition coefficient (Wildman–Crippen LogP) is 13.8. The van der Waals surface area contributed by atoms with Crippen LogP contribution < -0.4 is 4.90 Å². The van der Waals surface area contributed by atoms with E-state index in [1.807, 2.05) is 0 Å². The third kappa shape index (κ3) is 4.05.